The first-order valence-electron chi connectivity index (χ1n) is 7.88. The summed E-state index contributed by atoms with van der Waals surface area (Å²) < 4.78 is 27.2. The summed E-state index contributed by atoms with van der Waals surface area (Å²) in [5, 5.41) is 0. The lowest BCUT2D eigenvalue weighted by molar-refractivity contribution is -0.126. The molecule has 0 bridgehead atoms. The van der Waals surface area contributed by atoms with Gasteiger partial charge in [0.25, 0.3) is 5.91 Å². The summed E-state index contributed by atoms with van der Waals surface area (Å²) in [4.78, 5) is 18.5. The van der Waals surface area contributed by atoms with Gasteiger partial charge >= 0.3 is 0 Å². The molecule has 1 aromatic carbocycles. The molecule has 1 saturated carbocycles. The van der Waals surface area contributed by atoms with E-state index < -0.39 is 17.2 Å². The molecule has 0 saturated heterocycles. The number of benzene rings is 1. The van der Waals surface area contributed by atoms with Crippen LogP contribution < -0.4 is 0 Å². The first-order valence-corrected chi connectivity index (χ1v) is 7.88. The Bertz CT molecular complexity index is 773. The summed E-state index contributed by atoms with van der Waals surface area (Å²) in [7, 11) is 0. The van der Waals surface area contributed by atoms with Crippen molar-refractivity contribution >= 4 is 17.3 Å². The highest BCUT2D eigenvalue weighted by Gasteiger charge is 2.50. The number of carbonyl (C=O) groups is 1. The van der Waals surface area contributed by atoms with E-state index in [2.05, 4.69) is 4.99 Å². The second kappa shape index (κ2) is 5.11. The van der Waals surface area contributed by atoms with E-state index in [0.29, 0.717) is 17.0 Å². The van der Waals surface area contributed by atoms with Crippen LogP contribution in [0.25, 0.3) is 5.57 Å². The van der Waals surface area contributed by atoms with Gasteiger partial charge in [-0.25, -0.2) is 8.78 Å². The number of fused-ring (bicyclic) bond motifs is 2. The van der Waals surface area contributed by atoms with Crippen LogP contribution in [0, 0.1) is 11.6 Å². The van der Waals surface area contributed by atoms with Gasteiger partial charge in [0.1, 0.15) is 23.0 Å². The quantitative estimate of drug-likeness (QED) is 0.789. The summed E-state index contributed by atoms with van der Waals surface area (Å²) in [6.07, 6.45) is 9.87. The standard InChI is InChI=1S/C18H16F2N2O/c19-13-5-6-14(15(20)10-13)12-4-7-16-21-17(23)18(22(16)11-12)8-2-1-3-9-18/h4-7,10-11H,1-3,8-9H2. The molecule has 0 aromatic heterocycles. The molecule has 1 spiro atoms. The SMILES string of the molecule is O=C1N=C2C=CC(c3ccc(F)cc3F)=CN2C12CCCCC2. The van der Waals surface area contributed by atoms with E-state index in [0.717, 1.165) is 38.2 Å². The van der Waals surface area contributed by atoms with E-state index in [9.17, 15) is 13.6 Å². The minimum Gasteiger partial charge on any atom is -0.317 e. The van der Waals surface area contributed by atoms with Crippen molar-refractivity contribution in [3.8, 4) is 0 Å². The second-order valence-corrected chi connectivity index (χ2v) is 6.28. The van der Waals surface area contributed by atoms with Crippen molar-refractivity contribution in [3.63, 3.8) is 0 Å². The fourth-order valence-corrected chi connectivity index (χ4v) is 3.71. The van der Waals surface area contributed by atoms with E-state index in [1.807, 2.05) is 4.90 Å². The molecule has 5 heteroatoms. The number of carbonyl (C=O) groups excluding carboxylic acids is 1. The molecule has 0 N–H and O–H groups in total. The van der Waals surface area contributed by atoms with Gasteiger partial charge in [-0.3, -0.25) is 4.79 Å². The average molecular weight is 314 g/mol. The van der Waals surface area contributed by atoms with Crippen LogP contribution in [0.2, 0.25) is 0 Å². The number of allylic oxidation sites excluding steroid dienone is 2. The second-order valence-electron chi connectivity index (χ2n) is 6.28. The smallest absolute Gasteiger partial charge is 0.273 e. The van der Waals surface area contributed by atoms with Crippen LogP contribution in [0.15, 0.2) is 41.5 Å². The molecule has 2 aliphatic heterocycles. The highest BCUT2D eigenvalue weighted by Crippen LogP contribution is 2.41. The molecule has 1 amide bonds. The topological polar surface area (TPSA) is 32.7 Å². The molecule has 3 aliphatic rings. The van der Waals surface area contributed by atoms with Crippen LogP contribution in [0.5, 0.6) is 0 Å². The molecule has 4 rings (SSSR count). The number of halogens is 2. The van der Waals surface area contributed by atoms with Gasteiger partial charge in [0.05, 0.1) is 0 Å². The van der Waals surface area contributed by atoms with Gasteiger partial charge in [0.15, 0.2) is 0 Å². The van der Waals surface area contributed by atoms with E-state index in [4.69, 9.17) is 0 Å². The van der Waals surface area contributed by atoms with Crippen molar-refractivity contribution < 1.29 is 13.6 Å². The third-order valence-corrected chi connectivity index (χ3v) is 4.93. The fourth-order valence-electron chi connectivity index (χ4n) is 3.71. The predicted molar refractivity (Wildman–Crippen MR) is 83.6 cm³/mol. The summed E-state index contributed by atoms with van der Waals surface area (Å²) in [5.74, 6) is -0.699. The van der Waals surface area contributed by atoms with E-state index in [-0.39, 0.29) is 5.91 Å². The minimum atomic E-state index is -0.611. The summed E-state index contributed by atoms with van der Waals surface area (Å²) in [6, 6.07) is 3.54. The maximum Gasteiger partial charge on any atom is 0.273 e. The largest absolute Gasteiger partial charge is 0.317 e. The van der Waals surface area contributed by atoms with Crippen molar-refractivity contribution in [3.05, 3.63) is 53.7 Å². The van der Waals surface area contributed by atoms with Crippen molar-refractivity contribution in [1.29, 1.82) is 0 Å². The molecule has 1 aromatic rings. The highest BCUT2D eigenvalue weighted by molar-refractivity contribution is 6.13. The minimum absolute atomic E-state index is 0.103. The van der Waals surface area contributed by atoms with Crippen molar-refractivity contribution in [1.82, 2.24) is 4.90 Å². The van der Waals surface area contributed by atoms with Crippen LogP contribution >= 0.6 is 0 Å². The zero-order valence-electron chi connectivity index (χ0n) is 12.6. The van der Waals surface area contributed by atoms with Crippen LogP contribution in [-0.2, 0) is 4.79 Å². The lowest BCUT2D eigenvalue weighted by atomic mass is 9.80. The Morgan fingerprint density at radius 3 is 2.61 bits per heavy atom. The van der Waals surface area contributed by atoms with Gasteiger partial charge in [-0.05, 0) is 37.1 Å². The molecule has 23 heavy (non-hydrogen) atoms. The molecular weight excluding hydrogens is 298 g/mol. The fraction of sp³-hybridized carbons (Fsp3) is 0.333. The number of hydrogen-bond acceptors (Lipinski definition) is 2. The highest BCUT2D eigenvalue weighted by atomic mass is 19.1. The van der Waals surface area contributed by atoms with Crippen molar-refractivity contribution in [2.45, 2.75) is 37.6 Å². The van der Waals surface area contributed by atoms with Crippen LogP contribution in [0.3, 0.4) is 0 Å². The van der Waals surface area contributed by atoms with Gasteiger partial charge in [0.2, 0.25) is 0 Å². The van der Waals surface area contributed by atoms with E-state index in [1.165, 1.54) is 12.1 Å². The predicted octanol–water partition coefficient (Wildman–Crippen LogP) is 3.82. The number of amidine groups is 1. The lowest BCUT2D eigenvalue weighted by Crippen LogP contribution is -2.50. The van der Waals surface area contributed by atoms with Crippen molar-refractivity contribution in [2.24, 2.45) is 4.99 Å². The zero-order valence-corrected chi connectivity index (χ0v) is 12.6. The molecule has 1 fully saturated rings. The Morgan fingerprint density at radius 2 is 1.87 bits per heavy atom. The Balaban J connectivity index is 1.76. The Hall–Kier alpha value is -2.30. The number of amides is 1. The average Bonchev–Trinajstić information content (AvgIpc) is 2.80. The number of hydrogen-bond donors (Lipinski definition) is 0. The van der Waals surface area contributed by atoms with Gasteiger partial charge in [-0.15, -0.1) is 0 Å². The zero-order chi connectivity index (χ0) is 16.0. The summed E-state index contributed by atoms with van der Waals surface area (Å²) in [5.41, 5.74) is 0.341. The first kappa shape index (κ1) is 14.3. The molecular formula is C18H16F2N2O. The molecule has 1 aliphatic carbocycles. The third kappa shape index (κ3) is 2.14. The Kier molecular flexibility index (Phi) is 3.18. The molecule has 3 nitrogen and oxygen atoms in total. The van der Waals surface area contributed by atoms with E-state index in [1.54, 1.807) is 18.4 Å². The first-order chi connectivity index (χ1) is 11.1. The van der Waals surface area contributed by atoms with Crippen LogP contribution in [0.1, 0.15) is 37.7 Å². The monoisotopic (exact) mass is 314 g/mol. The third-order valence-electron chi connectivity index (χ3n) is 4.93. The van der Waals surface area contributed by atoms with Crippen molar-refractivity contribution in [2.75, 3.05) is 0 Å². The molecule has 0 radical (unpaired) electrons. The molecule has 0 unspecified atom stereocenters. The number of aliphatic imine (C=N–C) groups is 1. The number of nitrogens with zero attached hydrogens (tertiary/aromatic N) is 2. The Morgan fingerprint density at radius 1 is 1.09 bits per heavy atom. The van der Waals surface area contributed by atoms with E-state index >= 15 is 0 Å². The molecule has 0 atom stereocenters. The van der Waals surface area contributed by atoms with Crippen LogP contribution in [-0.4, -0.2) is 22.2 Å². The summed E-state index contributed by atoms with van der Waals surface area (Å²) in [6.45, 7) is 0. The number of rotatable bonds is 1. The molecule has 118 valence electrons. The maximum atomic E-state index is 14.1. The van der Waals surface area contributed by atoms with Gasteiger partial charge in [-0.1, -0.05) is 19.3 Å². The normalized spacial score (nSPS) is 22.2. The lowest BCUT2D eigenvalue weighted by Gasteiger charge is -2.40. The van der Waals surface area contributed by atoms with Gasteiger partial charge in [0, 0.05) is 23.4 Å². The van der Waals surface area contributed by atoms with Gasteiger partial charge < -0.3 is 4.90 Å². The summed E-state index contributed by atoms with van der Waals surface area (Å²) >= 11 is 0. The maximum absolute atomic E-state index is 14.1. The van der Waals surface area contributed by atoms with Crippen LogP contribution in [0.4, 0.5) is 8.78 Å². The molecule has 2 heterocycles. The Labute approximate surface area is 133 Å². The van der Waals surface area contributed by atoms with Gasteiger partial charge in [-0.2, -0.15) is 4.99 Å².